The third-order valence-electron chi connectivity index (χ3n) is 4.58. The maximum absolute atomic E-state index is 11.7. The predicted molar refractivity (Wildman–Crippen MR) is 65.7 cm³/mol. The summed E-state index contributed by atoms with van der Waals surface area (Å²) in [6.45, 7) is 7.23. The maximum Gasteiger partial charge on any atom is 0.249 e. The molecule has 2 rings (SSSR count). The molecule has 0 aromatic carbocycles. The van der Waals surface area contributed by atoms with Gasteiger partial charge in [-0.3, -0.25) is 10.0 Å². The quantitative estimate of drug-likeness (QED) is 0.764. The highest BCUT2D eigenvalue weighted by Crippen LogP contribution is 2.32. The second-order valence-corrected chi connectivity index (χ2v) is 5.49. The summed E-state index contributed by atoms with van der Waals surface area (Å²) in [6.07, 6.45) is 4.24. The fraction of sp³-hybridized carbons (Fsp3) is 0.923. The molecule has 1 amide bonds. The minimum Gasteiger partial charge on any atom is -0.301 e. The van der Waals surface area contributed by atoms with Gasteiger partial charge in [0, 0.05) is 18.5 Å². The molecule has 2 saturated heterocycles. The van der Waals surface area contributed by atoms with Crippen molar-refractivity contribution in [2.24, 2.45) is 11.8 Å². The molecule has 0 saturated carbocycles. The van der Waals surface area contributed by atoms with E-state index in [9.17, 15) is 10.0 Å². The van der Waals surface area contributed by atoms with Crippen LogP contribution in [0.25, 0.3) is 0 Å². The third kappa shape index (κ3) is 2.63. The zero-order valence-corrected chi connectivity index (χ0v) is 10.9. The van der Waals surface area contributed by atoms with Gasteiger partial charge in [-0.2, -0.15) is 0 Å². The lowest BCUT2D eigenvalue weighted by molar-refractivity contribution is -0.161. The number of rotatable bonds is 3. The Labute approximate surface area is 104 Å². The molecular weight excluding hydrogens is 216 g/mol. The topological polar surface area (TPSA) is 43.8 Å². The Kier molecular flexibility index (Phi) is 4.05. The van der Waals surface area contributed by atoms with Gasteiger partial charge in [-0.05, 0) is 51.6 Å². The molecule has 2 atom stereocenters. The molecule has 2 heterocycles. The highest BCUT2D eigenvalue weighted by atomic mass is 16.5. The van der Waals surface area contributed by atoms with Crippen LogP contribution in [0.1, 0.15) is 39.5 Å². The Hall–Kier alpha value is -0.610. The fourth-order valence-electron chi connectivity index (χ4n) is 3.14. The molecule has 4 heteroatoms. The minimum atomic E-state index is -0.0491. The number of hydroxylamine groups is 2. The number of hydrogen-bond donors (Lipinski definition) is 1. The third-order valence-corrected chi connectivity index (χ3v) is 4.58. The van der Waals surface area contributed by atoms with Crippen LogP contribution >= 0.6 is 0 Å². The van der Waals surface area contributed by atoms with Crippen LogP contribution < -0.4 is 0 Å². The fourth-order valence-corrected chi connectivity index (χ4v) is 3.14. The molecule has 0 aromatic rings. The van der Waals surface area contributed by atoms with Gasteiger partial charge in [-0.1, -0.05) is 6.92 Å². The van der Waals surface area contributed by atoms with E-state index in [1.54, 1.807) is 0 Å². The number of nitrogens with zero attached hydrogens (tertiary/aromatic N) is 2. The van der Waals surface area contributed by atoms with E-state index in [0.717, 1.165) is 37.4 Å². The summed E-state index contributed by atoms with van der Waals surface area (Å²) in [5, 5.41) is 10.3. The first-order valence-corrected chi connectivity index (χ1v) is 6.87. The van der Waals surface area contributed by atoms with Gasteiger partial charge in [0.25, 0.3) is 0 Å². The maximum atomic E-state index is 11.7. The summed E-state index contributed by atoms with van der Waals surface area (Å²) in [4.78, 5) is 14.3. The molecule has 2 unspecified atom stereocenters. The van der Waals surface area contributed by atoms with E-state index in [-0.39, 0.29) is 11.8 Å². The van der Waals surface area contributed by atoms with E-state index in [4.69, 9.17) is 0 Å². The van der Waals surface area contributed by atoms with E-state index in [1.807, 2.05) is 0 Å². The highest BCUT2D eigenvalue weighted by molar-refractivity contribution is 5.79. The molecule has 0 aromatic heterocycles. The van der Waals surface area contributed by atoms with E-state index in [1.165, 1.54) is 6.42 Å². The molecule has 17 heavy (non-hydrogen) atoms. The van der Waals surface area contributed by atoms with Gasteiger partial charge >= 0.3 is 0 Å². The zero-order chi connectivity index (χ0) is 12.4. The second-order valence-electron chi connectivity index (χ2n) is 5.49. The van der Waals surface area contributed by atoms with Crippen molar-refractivity contribution in [3.8, 4) is 0 Å². The summed E-state index contributed by atoms with van der Waals surface area (Å²) in [6, 6.07) is 0.657. The van der Waals surface area contributed by atoms with E-state index in [0.29, 0.717) is 18.5 Å². The summed E-state index contributed by atoms with van der Waals surface area (Å²) in [7, 11) is 0. The molecule has 0 spiro atoms. The number of likely N-dealkylation sites (tertiary alicyclic amines) is 1. The Morgan fingerprint density at radius 2 is 1.94 bits per heavy atom. The van der Waals surface area contributed by atoms with E-state index in [2.05, 4.69) is 18.7 Å². The van der Waals surface area contributed by atoms with Gasteiger partial charge in [-0.15, -0.1) is 0 Å². The lowest BCUT2D eigenvalue weighted by atomic mass is 9.83. The molecule has 1 N–H and O–H groups in total. The number of carbonyl (C=O) groups excluding carboxylic acids is 1. The first-order valence-electron chi connectivity index (χ1n) is 6.87. The van der Waals surface area contributed by atoms with Crippen LogP contribution in [0, 0.1) is 11.8 Å². The van der Waals surface area contributed by atoms with Crippen molar-refractivity contribution in [1.29, 1.82) is 0 Å². The first-order chi connectivity index (χ1) is 8.13. The van der Waals surface area contributed by atoms with Crippen LogP contribution in [0.2, 0.25) is 0 Å². The standard InChI is InChI=1S/C13H24N2O2/c1-3-10(2)14-7-4-11(5-8-14)12-6-9-15(17)13(12)16/h10-12,17H,3-9H2,1-2H3. The Morgan fingerprint density at radius 3 is 2.41 bits per heavy atom. The molecule has 4 nitrogen and oxygen atoms in total. The first kappa shape index (κ1) is 12.8. The molecule has 0 radical (unpaired) electrons. The lowest BCUT2D eigenvalue weighted by Crippen LogP contribution is -2.42. The molecule has 0 aliphatic carbocycles. The average Bonchev–Trinajstić information content (AvgIpc) is 2.69. The highest BCUT2D eigenvalue weighted by Gasteiger charge is 2.38. The van der Waals surface area contributed by atoms with Crippen LogP contribution in [0.5, 0.6) is 0 Å². The monoisotopic (exact) mass is 240 g/mol. The smallest absolute Gasteiger partial charge is 0.249 e. The van der Waals surface area contributed by atoms with Crippen molar-refractivity contribution in [2.75, 3.05) is 19.6 Å². The van der Waals surface area contributed by atoms with Gasteiger partial charge in [0.15, 0.2) is 0 Å². The Balaban J connectivity index is 1.85. The lowest BCUT2D eigenvalue weighted by Gasteiger charge is -2.37. The summed E-state index contributed by atoms with van der Waals surface area (Å²) < 4.78 is 0. The SMILES string of the molecule is CCC(C)N1CCC(C2CCN(O)C2=O)CC1. The number of carbonyl (C=O) groups is 1. The van der Waals surface area contributed by atoms with Gasteiger partial charge in [-0.25, -0.2) is 5.06 Å². The molecule has 2 aliphatic rings. The minimum absolute atomic E-state index is 0.0491. The Bertz CT molecular complexity index is 275. The molecule has 2 fully saturated rings. The van der Waals surface area contributed by atoms with Crippen LogP contribution in [-0.2, 0) is 4.79 Å². The van der Waals surface area contributed by atoms with Gasteiger partial charge < -0.3 is 4.90 Å². The van der Waals surface area contributed by atoms with Crippen molar-refractivity contribution >= 4 is 5.91 Å². The number of piperidine rings is 1. The molecule has 0 bridgehead atoms. The van der Waals surface area contributed by atoms with E-state index < -0.39 is 0 Å². The largest absolute Gasteiger partial charge is 0.301 e. The van der Waals surface area contributed by atoms with Crippen LogP contribution in [0.15, 0.2) is 0 Å². The average molecular weight is 240 g/mol. The zero-order valence-electron chi connectivity index (χ0n) is 10.9. The number of hydrogen-bond acceptors (Lipinski definition) is 3. The summed E-state index contributed by atoms with van der Waals surface area (Å²) in [5.74, 6) is 0.519. The van der Waals surface area contributed by atoms with Gasteiger partial charge in [0.05, 0.1) is 0 Å². The van der Waals surface area contributed by atoms with Gasteiger partial charge in [0.2, 0.25) is 5.91 Å². The normalized spacial score (nSPS) is 29.9. The van der Waals surface area contributed by atoms with Crippen molar-refractivity contribution in [3.05, 3.63) is 0 Å². The van der Waals surface area contributed by atoms with E-state index >= 15 is 0 Å². The van der Waals surface area contributed by atoms with Crippen molar-refractivity contribution in [3.63, 3.8) is 0 Å². The second kappa shape index (κ2) is 5.36. The van der Waals surface area contributed by atoms with Crippen LogP contribution in [0.3, 0.4) is 0 Å². The molecule has 2 aliphatic heterocycles. The van der Waals surface area contributed by atoms with Gasteiger partial charge in [0.1, 0.15) is 0 Å². The van der Waals surface area contributed by atoms with Crippen molar-refractivity contribution in [1.82, 2.24) is 9.96 Å². The predicted octanol–water partition coefficient (Wildman–Crippen LogP) is 1.73. The number of amides is 1. The Morgan fingerprint density at radius 1 is 1.29 bits per heavy atom. The molecular formula is C13H24N2O2. The van der Waals surface area contributed by atoms with Crippen LogP contribution in [-0.4, -0.2) is 46.8 Å². The van der Waals surface area contributed by atoms with Crippen molar-refractivity contribution < 1.29 is 10.0 Å². The van der Waals surface area contributed by atoms with Crippen molar-refractivity contribution in [2.45, 2.75) is 45.6 Å². The molecule has 98 valence electrons. The summed E-state index contributed by atoms with van der Waals surface area (Å²) >= 11 is 0. The van der Waals surface area contributed by atoms with Crippen LogP contribution in [0.4, 0.5) is 0 Å². The summed E-state index contributed by atoms with van der Waals surface area (Å²) in [5.41, 5.74) is 0.